The lowest BCUT2D eigenvalue weighted by atomic mass is 9.93. The maximum Gasteiger partial charge on any atom is 0.401 e. The average Bonchev–Trinajstić information content (AvgIpc) is 2.64. The number of aromatic nitrogens is 1. The highest BCUT2D eigenvalue weighted by molar-refractivity contribution is 5.79. The third-order valence-corrected chi connectivity index (χ3v) is 4.48. The maximum absolute atomic E-state index is 12.4. The standard InChI is InChI=1S/C18H28F3N5O/c1-22-17(25-9-12-27-16-3-2-7-23-13-16)24-8-4-15-5-10-26(11-6-15)14-18(19,20)21/h2-3,7,13,15H,4-6,8-12,14H2,1H3,(H2,22,24,25). The van der Waals surface area contributed by atoms with Gasteiger partial charge in [0.15, 0.2) is 5.96 Å². The van der Waals surface area contributed by atoms with Crippen LogP contribution in [0.1, 0.15) is 19.3 Å². The van der Waals surface area contributed by atoms with Gasteiger partial charge in [0.25, 0.3) is 0 Å². The van der Waals surface area contributed by atoms with E-state index in [0.717, 1.165) is 31.6 Å². The number of aliphatic imine (C=N–C) groups is 1. The second kappa shape index (κ2) is 11.0. The molecule has 1 saturated heterocycles. The monoisotopic (exact) mass is 387 g/mol. The van der Waals surface area contributed by atoms with Gasteiger partial charge in [0, 0.05) is 19.8 Å². The van der Waals surface area contributed by atoms with Crippen molar-refractivity contribution >= 4 is 5.96 Å². The first kappa shape index (κ1) is 21.3. The van der Waals surface area contributed by atoms with E-state index in [1.165, 1.54) is 4.90 Å². The molecular formula is C18H28F3N5O. The van der Waals surface area contributed by atoms with E-state index in [4.69, 9.17) is 4.74 Å². The van der Waals surface area contributed by atoms with Gasteiger partial charge in [0.05, 0.1) is 19.3 Å². The van der Waals surface area contributed by atoms with Crippen molar-refractivity contribution in [3.05, 3.63) is 24.5 Å². The summed E-state index contributed by atoms with van der Waals surface area (Å²) in [5.41, 5.74) is 0. The van der Waals surface area contributed by atoms with Gasteiger partial charge in [-0.2, -0.15) is 13.2 Å². The van der Waals surface area contributed by atoms with E-state index >= 15 is 0 Å². The van der Waals surface area contributed by atoms with E-state index < -0.39 is 12.7 Å². The minimum absolute atomic E-state index is 0.453. The molecule has 2 heterocycles. The number of alkyl halides is 3. The van der Waals surface area contributed by atoms with Gasteiger partial charge in [0.2, 0.25) is 0 Å². The highest BCUT2D eigenvalue weighted by atomic mass is 19.4. The van der Waals surface area contributed by atoms with E-state index in [1.807, 2.05) is 12.1 Å². The second-order valence-electron chi connectivity index (χ2n) is 6.59. The molecule has 0 saturated carbocycles. The van der Waals surface area contributed by atoms with Gasteiger partial charge in [-0.1, -0.05) is 0 Å². The molecule has 1 aromatic heterocycles. The fourth-order valence-corrected chi connectivity index (χ4v) is 3.07. The molecule has 9 heteroatoms. The number of ether oxygens (including phenoxy) is 1. The molecule has 0 amide bonds. The van der Waals surface area contributed by atoms with Gasteiger partial charge >= 0.3 is 6.18 Å². The number of hydrogen-bond donors (Lipinski definition) is 2. The predicted octanol–water partition coefficient (Wildman–Crippen LogP) is 2.29. The van der Waals surface area contributed by atoms with Crippen LogP contribution in [0.5, 0.6) is 5.75 Å². The predicted molar refractivity (Wildman–Crippen MR) is 98.9 cm³/mol. The lowest BCUT2D eigenvalue weighted by molar-refractivity contribution is -0.148. The second-order valence-corrected chi connectivity index (χ2v) is 6.59. The first-order valence-corrected chi connectivity index (χ1v) is 9.23. The normalized spacial score (nSPS) is 17.0. The molecule has 27 heavy (non-hydrogen) atoms. The molecule has 0 bridgehead atoms. The lowest BCUT2D eigenvalue weighted by Gasteiger charge is -2.32. The average molecular weight is 387 g/mol. The molecule has 6 nitrogen and oxygen atoms in total. The summed E-state index contributed by atoms with van der Waals surface area (Å²) in [7, 11) is 1.70. The van der Waals surface area contributed by atoms with Gasteiger partial charge in [-0.15, -0.1) is 0 Å². The van der Waals surface area contributed by atoms with Gasteiger partial charge in [-0.05, 0) is 50.4 Å². The zero-order valence-electron chi connectivity index (χ0n) is 15.6. The van der Waals surface area contributed by atoms with Gasteiger partial charge < -0.3 is 15.4 Å². The van der Waals surface area contributed by atoms with Crippen LogP contribution in [0.2, 0.25) is 0 Å². The zero-order chi connectivity index (χ0) is 19.5. The lowest BCUT2D eigenvalue weighted by Crippen LogP contribution is -2.42. The van der Waals surface area contributed by atoms with Crippen LogP contribution in [-0.2, 0) is 0 Å². The fraction of sp³-hybridized carbons (Fsp3) is 0.667. The minimum Gasteiger partial charge on any atom is -0.490 e. The summed E-state index contributed by atoms with van der Waals surface area (Å²) >= 11 is 0. The van der Waals surface area contributed by atoms with Crippen molar-refractivity contribution in [1.29, 1.82) is 0 Å². The summed E-state index contributed by atoms with van der Waals surface area (Å²) in [6, 6.07) is 3.66. The van der Waals surface area contributed by atoms with Crippen molar-refractivity contribution in [3.63, 3.8) is 0 Å². The molecule has 1 fully saturated rings. The third-order valence-electron chi connectivity index (χ3n) is 4.48. The first-order chi connectivity index (χ1) is 13.0. The number of nitrogens with one attached hydrogen (secondary N) is 2. The van der Waals surface area contributed by atoms with Crippen LogP contribution < -0.4 is 15.4 Å². The molecule has 2 N–H and O–H groups in total. The summed E-state index contributed by atoms with van der Waals surface area (Å²) in [5, 5.41) is 6.41. The van der Waals surface area contributed by atoms with E-state index in [-0.39, 0.29) is 0 Å². The molecule has 0 radical (unpaired) electrons. The highest BCUT2D eigenvalue weighted by Crippen LogP contribution is 2.23. The van der Waals surface area contributed by atoms with Crippen LogP contribution >= 0.6 is 0 Å². The number of rotatable bonds is 8. The molecule has 152 valence electrons. The van der Waals surface area contributed by atoms with Crippen LogP contribution in [-0.4, -0.2) is 68.4 Å². The summed E-state index contributed by atoms with van der Waals surface area (Å²) < 4.78 is 42.8. The Hall–Kier alpha value is -2.03. The van der Waals surface area contributed by atoms with Crippen molar-refractivity contribution in [2.75, 3.05) is 46.4 Å². The van der Waals surface area contributed by atoms with Crippen LogP contribution in [0.15, 0.2) is 29.5 Å². The van der Waals surface area contributed by atoms with Gasteiger partial charge in [-0.3, -0.25) is 14.9 Å². The first-order valence-electron chi connectivity index (χ1n) is 9.23. The molecule has 2 rings (SSSR count). The minimum atomic E-state index is -4.10. The summed E-state index contributed by atoms with van der Waals surface area (Å²) in [6.07, 6.45) is 1.79. The molecular weight excluding hydrogens is 359 g/mol. The molecule has 0 aromatic carbocycles. The van der Waals surface area contributed by atoms with Crippen LogP contribution in [0.3, 0.4) is 0 Å². The quantitative estimate of drug-likeness (QED) is 0.407. The smallest absolute Gasteiger partial charge is 0.401 e. The van der Waals surface area contributed by atoms with Crippen molar-refractivity contribution in [1.82, 2.24) is 20.5 Å². The Balaban J connectivity index is 1.55. The topological polar surface area (TPSA) is 61.8 Å². The Kier molecular flexibility index (Phi) is 8.63. The Bertz CT molecular complexity index is 560. The molecule has 0 atom stereocenters. The number of likely N-dealkylation sites (tertiary alicyclic amines) is 1. The van der Waals surface area contributed by atoms with Crippen LogP contribution in [0, 0.1) is 5.92 Å². The van der Waals surface area contributed by atoms with Crippen LogP contribution in [0.4, 0.5) is 13.2 Å². The number of hydrogen-bond acceptors (Lipinski definition) is 4. The molecule has 0 aliphatic carbocycles. The van der Waals surface area contributed by atoms with Crippen molar-refractivity contribution in [3.8, 4) is 5.75 Å². The number of piperidine rings is 1. The molecule has 1 aliphatic rings. The maximum atomic E-state index is 12.4. The van der Waals surface area contributed by atoms with Gasteiger partial charge in [0.1, 0.15) is 12.4 Å². The zero-order valence-corrected chi connectivity index (χ0v) is 15.6. The highest BCUT2D eigenvalue weighted by Gasteiger charge is 2.32. The summed E-state index contributed by atoms with van der Waals surface area (Å²) in [6.45, 7) is 2.07. The molecule has 0 spiro atoms. The summed E-state index contributed by atoms with van der Waals surface area (Å²) in [5.74, 6) is 1.87. The Morgan fingerprint density at radius 3 is 2.67 bits per heavy atom. The number of pyridine rings is 1. The van der Waals surface area contributed by atoms with E-state index in [1.54, 1.807) is 19.4 Å². The van der Waals surface area contributed by atoms with Crippen molar-refractivity contribution in [2.24, 2.45) is 10.9 Å². The number of guanidine groups is 1. The van der Waals surface area contributed by atoms with E-state index in [2.05, 4.69) is 20.6 Å². The van der Waals surface area contributed by atoms with E-state index in [0.29, 0.717) is 38.1 Å². The molecule has 1 aliphatic heterocycles. The largest absolute Gasteiger partial charge is 0.490 e. The Morgan fingerprint density at radius 1 is 1.30 bits per heavy atom. The third kappa shape index (κ3) is 8.94. The van der Waals surface area contributed by atoms with E-state index in [9.17, 15) is 13.2 Å². The Morgan fingerprint density at radius 2 is 2.04 bits per heavy atom. The number of halogens is 3. The molecule has 0 unspecified atom stereocenters. The van der Waals surface area contributed by atoms with Gasteiger partial charge in [-0.25, -0.2) is 0 Å². The Labute approximate surface area is 158 Å². The van der Waals surface area contributed by atoms with Crippen molar-refractivity contribution in [2.45, 2.75) is 25.4 Å². The SMILES string of the molecule is CN=C(NCCOc1cccnc1)NCCC1CCN(CC(F)(F)F)CC1. The summed E-state index contributed by atoms with van der Waals surface area (Å²) in [4.78, 5) is 9.64. The van der Waals surface area contributed by atoms with Crippen molar-refractivity contribution < 1.29 is 17.9 Å². The number of nitrogens with zero attached hydrogens (tertiary/aromatic N) is 3. The fourth-order valence-electron chi connectivity index (χ4n) is 3.07. The molecule has 1 aromatic rings. The van der Waals surface area contributed by atoms with Crippen LogP contribution in [0.25, 0.3) is 0 Å².